The van der Waals surface area contributed by atoms with E-state index in [0.29, 0.717) is 6.04 Å². The molecular formula is C16H22N4. The third kappa shape index (κ3) is 2.75. The number of aromatic nitrogens is 3. The first-order chi connectivity index (χ1) is 9.74. The number of aryl methyl sites for hydroxylation is 2. The van der Waals surface area contributed by atoms with Crippen molar-refractivity contribution in [3.05, 3.63) is 47.5 Å². The third-order valence-electron chi connectivity index (χ3n) is 4.21. The van der Waals surface area contributed by atoms with Crippen LogP contribution in [0.2, 0.25) is 0 Å². The molecule has 1 fully saturated rings. The molecule has 1 aromatic carbocycles. The van der Waals surface area contributed by atoms with Crippen LogP contribution in [0.4, 0.5) is 0 Å². The number of hydrogen-bond donors (Lipinski definition) is 0. The Morgan fingerprint density at radius 2 is 1.60 bits per heavy atom. The molecule has 0 saturated carbocycles. The lowest BCUT2D eigenvalue weighted by Gasteiger charge is -2.33. The maximum Gasteiger partial charge on any atom is 0.130 e. The van der Waals surface area contributed by atoms with E-state index in [-0.39, 0.29) is 0 Å². The third-order valence-corrected chi connectivity index (χ3v) is 4.21. The molecule has 2 aromatic rings. The lowest BCUT2D eigenvalue weighted by Crippen LogP contribution is -2.34. The second kappa shape index (κ2) is 5.75. The summed E-state index contributed by atoms with van der Waals surface area (Å²) in [7, 11) is 0. The molecule has 3 rings (SSSR count). The van der Waals surface area contributed by atoms with Crippen molar-refractivity contribution in [1.82, 2.24) is 19.7 Å². The van der Waals surface area contributed by atoms with Crippen LogP contribution >= 0.6 is 0 Å². The summed E-state index contributed by atoms with van der Waals surface area (Å²) < 4.78 is 2.31. The molecule has 1 saturated heterocycles. The molecule has 0 N–H and O–H groups in total. The Morgan fingerprint density at radius 1 is 1.00 bits per heavy atom. The summed E-state index contributed by atoms with van der Waals surface area (Å²) in [5.41, 5.74) is 1.41. The molecule has 0 amide bonds. The maximum absolute atomic E-state index is 4.18. The van der Waals surface area contributed by atoms with Crippen LogP contribution < -0.4 is 0 Å². The first kappa shape index (κ1) is 13.3. The van der Waals surface area contributed by atoms with Gasteiger partial charge in [-0.05, 0) is 32.3 Å². The SMILES string of the molecule is Cc1nnc(C)n1C1CCN(Cc2ccccc2)CC1. The van der Waals surface area contributed by atoms with Gasteiger partial charge in [-0.25, -0.2) is 0 Å². The summed E-state index contributed by atoms with van der Waals surface area (Å²) in [5.74, 6) is 2.09. The minimum Gasteiger partial charge on any atom is -0.312 e. The first-order valence-electron chi connectivity index (χ1n) is 7.38. The molecular weight excluding hydrogens is 248 g/mol. The van der Waals surface area contributed by atoms with Crippen LogP contribution in [0.15, 0.2) is 30.3 Å². The van der Waals surface area contributed by atoms with Gasteiger partial charge in [0.1, 0.15) is 11.6 Å². The summed E-state index contributed by atoms with van der Waals surface area (Å²) in [4.78, 5) is 2.54. The smallest absolute Gasteiger partial charge is 0.130 e. The van der Waals surface area contributed by atoms with Crippen LogP contribution in [0.25, 0.3) is 0 Å². The van der Waals surface area contributed by atoms with Gasteiger partial charge in [0.25, 0.3) is 0 Å². The number of likely N-dealkylation sites (tertiary alicyclic amines) is 1. The van der Waals surface area contributed by atoms with Gasteiger partial charge < -0.3 is 4.57 Å². The van der Waals surface area contributed by atoms with E-state index in [4.69, 9.17) is 0 Å². The lowest BCUT2D eigenvalue weighted by atomic mass is 10.0. The van der Waals surface area contributed by atoms with Gasteiger partial charge in [0.2, 0.25) is 0 Å². The zero-order chi connectivity index (χ0) is 13.9. The van der Waals surface area contributed by atoms with Crippen molar-refractivity contribution >= 4 is 0 Å². The normalized spacial score (nSPS) is 17.5. The van der Waals surface area contributed by atoms with Gasteiger partial charge >= 0.3 is 0 Å². The number of nitrogens with zero attached hydrogens (tertiary/aromatic N) is 4. The van der Waals surface area contributed by atoms with E-state index in [1.54, 1.807) is 0 Å². The van der Waals surface area contributed by atoms with Crippen molar-refractivity contribution in [2.75, 3.05) is 13.1 Å². The molecule has 1 aliphatic heterocycles. The summed E-state index contributed by atoms with van der Waals surface area (Å²) in [6.45, 7) is 7.47. The molecule has 0 atom stereocenters. The standard InChI is InChI=1S/C16H22N4/c1-13-17-18-14(2)20(13)16-8-10-19(11-9-16)12-15-6-4-3-5-7-15/h3-7,16H,8-12H2,1-2H3. The molecule has 0 radical (unpaired) electrons. The van der Waals surface area contributed by atoms with Gasteiger partial charge in [-0.2, -0.15) is 0 Å². The Balaban J connectivity index is 1.60. The van der Waals surface area contributed by atoms with Crippen LogP contribution in [0.5, 0.6) is 0 Å². The predicted molar refractivity (Wildman–Crippen MR) is 79.5 cm³/mol. The number of piperidine rings is 1. The van der Waals surface area contributed by atoms with Gasteiger partial charge in [0.15, 0.2) is 0 Å². The Labute approximate surface area is 120 Å². The fraction of sp³-hybridized carbons (Fsp3) is 0.500. The van der Waals surface area contributed by atoms with Crippen molar-refractivity contribution in [2.45, 2.75) is 39.3 Å². The number of benzene rings is 1. The van der Waals surface area contributed by atoms with Crippen molar-refractivity contribution in [3.8, 4) is 0 Å². The Bertz CT molecular complexity index is 534. The average Bonchev–Trinajstić information content (AvgIpc) is 2.81. The molecule has 0 spiro atoms. The van der Waals surface area contributed by atoms with Crippen LogP contribution in [-0.2, 0) is 6.54 Å². The predicted octanol–water partition coefficient (Wildman–Crippen LogP) is 2.73. The highest BCUT2D eigenvalue weighted by molar-refractivity contribution is 5.14. The van der Waals surface area contributed by atoms with Gasteiger partial charge in [-0.15, -0.1) is 10.2 Å². The Hall–Kier alpha value is -1.68. The van der Waals surface area contributed by atoms with Crippen molar-refractivity contribution in [1.29, 1.82) is 0 Å². The number of rotatable bonds is 3. The molecule has 0 bridgehead atoms. The Kier molecular flexibility index (Phi) is 3.83. The van der Waals surface area contributed by atoms with Crippen LogP contribution in [0.3, 0.4) is 0 Å². The molecule has 0 aliphatic carbocycles. The van der Waals surface area contributed by atoms with Crippen LogP contribution in [0, 0.1) is 13.8 Å². The van der Waals surface area contributed by atoms with E-state index in [9.17, 15) is 0 Å². The summed E-state index contributed by atoms with van der Waals surface area (Å²) >= 11 is 0. The highest BCUT2D eigenvalue weighted by atomic mass is 15.3. The van der Waals surface area contributed by atoms with E-state index in [1.807, 2.05) is 0 Å². The highest BCUT2D eigenvalue weighted by Crippen LogP contribution is 2.25. The van der Waals surface area contributed by atoms with E-state index in [0.717, 1.165) is 31.3 Å². The molecule has 4 nitrogen and oxygen atoms in total. The second-order valence-corrected chi connectivity index (χ2v) is 5.66. The monoisotopic (exact) mass is 270 g/mol. The Morgan fingerprint density at radius 3 is 2.20 bits per heavy atom. The van der Waals surface area contributed by atoms with Crippen LogP contribution in [-0.4, -0.2) is 32.8 Å². The summed E-state index contributed by atoms with van der Waals surface area (Å²) in [6.07, 6.45) is 2.37. The molecule has 1 aromatic heterocycles. The fourth-order valence-corrected chi connectivity index (χ4v) is 3.18. The zero-order valence-electron chi connectivity index (χ0n) is 12.3. The molecule has 1 aliphatic rings. The van der Waals surface area contributed by atoms with E-state index >= 15 is 0 Å². The van der Waals surface area contributed by atoms with Crippen molar-refractivity contribution in [3.63, 3.8) is 0 Å². The highest BCUT2D eigenvalue weighted by Gasteiger charge is 2.23. The second-order valence-electron chi connectivity index (χ2n) is 5.66. The van der Waals surface area contributed by atoms with Gasteiger partial charge in [-0.3, -0.25) is 4.90 Å². The molecule has 2 heterocycles. The largest absolute Gasteiger partial charge is 0.312 e. The maximum atomic E-state index is 4.18. The van der Waals surface area contributed by atoms with Gasteiger partial charge in [0, 0.05) is 25.7 Å². The molecule has 106 valence electrons. The fourth-order valence-electron chi connectivity index (χ4n) is 3.18. The topological polar surface area (TPSA) is 34.0 Å². The quantitative estimate of drug-likeness (QED) is 0.860. The van der Waals surface area contributed by atoms with Crippen molar-refractivity contribution < 1.29 is 0 Å². The molecule has 0 unspecified atom stereocenters. The van der Waals surface area contributed by atoms with Gasteiger partial charge in [0.05, 0.1) is 0 Å². The van der Waals surface area contributed by atoms with E-state index in [2.05, 4.69) is 63.8 Å². The lowest BCUT2D eigenvalue weighted by molar-refractivity contribution is 0.177. The first-order valence-corrected chi connectivity index (χ1v) is 7.38. The minimum atomic E-state index is 0.567. The summed E-state index contributed by atoms with van der Waals surface area (Å²) in [5, 5.41) is 8.35. The van der Waals surface area contributed by atoms with Crippen molar-refractivity contribution in [2.24, 2.45) is 0 Å². The number of hydrogen-bond acceptors (Lipinski definition) is 3. The molecule has 20 heavy (non-hydrogen) atoms. The zero-order valence-corrected chi connectivity index (χ0v) is 12.3. The minimum absolute atomic E-state index is 0.567. The average molecular weight is 270 g/mol. The molecule has 4 heteroatoms. The van der Waals surface area contributed by atoms with E-state index < -0.39 is 0 Å². The van der Waals surface area contributed by atoms with E-state index in [1.165, 1.54) is 18.4 Å². The van der Waals surface area contributed by atoms with Crippen LogP contribution in [0.1, 0.15) is 36.1 Å². The van der Waals surface area contributed by atoms with Gasteiger partial charge in [-0.1, -0.05) is 30.3 Å². The summed E-state index contributed by atoms with van der Waals surface area (Å²) in [6, 6.07) is 11.3.